The van der Waals surface area contributed by atoms with Gasteiger partial charge in [-0.15, -0.1) is 0 Å². The minimum absolute atomic E-state index is 0.653. The molecule has 1 aliphatic rings. The Balaban J connectivity index is 2.05. The van der Waals surface area contributed by atoms with E-state index in [1.807, 2.05) is 38.1 Å². The van der Waals surface area contributed by atoms with Crippen molar-refractivity contribution in [2.45, 2.75) is 25.9 Å². The van der Waals surface area contributed by atoms with Crippen LogP contribution in [0.1, 0.15) is 25.8 Å². The lowest BCUT2D eigenvalue weighted by molar-refractivity contribution is 0.0385. The van der Waals surface area contributed by atoms with Crippen LogP contribution in [0.25, 0.3) is 0 Å². The average Bonchev–Trinajstić information content (AvgIpc) is 2.62. The first-order chi connectivity index (χ1) is 9.49. The Morgan fingerprint density at radius 3 is 2.65 bits per heavy atom. The van der Waals surface area contributed by atoms with Gasteiger partial charge in [0.2, 0.25) is 0 Å². The number of hydrogen-bond donors (Lipinski definition) is 1. The van der Waals surface area contributed by atoms with Crippen LogP contribution in [-0.2, 0) is 0 Å². The molecule has 0 amide bonds. The lowest BCUT2D eigenvalue weighted by Gasteiger charge is -2.28. The van der Waals surface area contributed by atoms with Gasteiger partial charge >= 0.3 is 0 Å². The second-order valence-corrected chi connectivity index (χ2v) is 6.06. The summed E-state index contributed by atoms with van der Waals surface area (Å²) in [5.41, 5.74) is 1.11. The highest BCUT2D eigenvalue weighted by atomic mass is 16.3. The van der Waals surface area contributed by atoms with Crippen LogP contribution in [0.2, 0.25) is 0 Å². The molecule has 0 aromatic heterocycles. The molecular formula is C16H23N3O. The van der Waals surface area contributed by atoms with E-state index in [1.54, 1.807) is 0 Å². The Hall–Kier alpha value is -1.57. The number of β-amino-alcohol motifs (C(OH)–C–C–N with tert-alkyl or cyclic N) is 1. The molecule has 1 aliphatic heterocycles. The smallest absolute Gasteiger partial charge is 0.101 e. The van der Waals surface area contributed by atoms with Crippen molar-refractivity contribution in [3.8, 4) is 6.07 Å². The van der Waals surface area contributed by atoms with E-state index in [9.17, 15) is 10.4 Å². The minimum atomic E-state index is -0.653. The van der Waals surface area contributed by atoms with Crippen molar-refractivity contribution in [1.82, 2.24) is 4.90 Å². The maximum atomic E-state index is 9.93. The molecule has 0 atom stereocenters. The molecule has 108 valence electrons. The highest BCUT2D eigenvalue weighted by Gasteiger charge is 2.22. The third kappa shape index (κ3) is 3.96. The van der Waals surface area contributed by atoms with Crippen LogP contribution >= 0.6 is 0 Å². The number of benzene rings is 1. The Labute approximate surface area is 121 Å². The molecule has 1 fully saturated rings. The van der Waals surface area contributed by atoms with Gasteiger partial charge in [0.1, 0.15) is 6.07 Å². The molecule has 2 rings (SSSR count). The van der Waals surface area contributed by atoms with Gasteiger partial charge < -0.3 is 10.0 Å². The molecule has 0 aliphatic carbocycles. The first-order valence-corrected chi connectivity index (χ1v) is 7.18. The van der Waals surface area contributed by atoms with Gasteiger partial charge in [-0.3, -0.25) is 4.90 Å². The van der Waals surface area contributed by atoms with E-state index < -0.39 is 5.60 Å². The predicted octanol–water partition coefficient (Wildman–Crippen LogP) is 1.84. The fraction of sp³-hybridized carbons (Fsp3) is 0.562. The average molecular weight is 273 g/mol. The van der Waals surface area contributed by atoms with Gasteiger partial charge in [0.05, 0.1) is 16.9 Å². The summed E-state index contributed by atoms with van der Waals surface area (Å²) < 4.78 is 0. The van der Waals surface area contributed by atoms with Gasteiger partial charge in [-0.2, -0.15) is 5.26 Å². The molecule has 0 saturated carbocycles. The summed E-state index contributed by atoms with van der Waals surface area (Å²) in [5.74, 6) is 0. The van der Waals surface area contributed by atoms with Gasteiger partial charge in [-0.1, -0.05) is 12.1 Å². The Bertz CT molecular complexity index is 487. The van der Waals surface area contributed by atoms with E-state index in [4.69, 9.17) is 0 Å². The van der Waals surface area contributed by atoms with Crippen molar-refractivity contribution >= 4 is 5.69 Å². The van der Waals surface area contributed by atoms with E-state index in [0.717, 1.165) is 43.9 Å². The van der Waals surface area contributed by atoms with Crippen molar-refractivity contribution in [3.63, 3.8) is 0 Å². The minimum Gasteiger partial charge on any atom is -0.389 e. The van der Waals surface area contributed by atoms with Gasteiger partial charge in [-0.05, 0) is 32.4 Å². The molecule has 1 aromatic rings. The normalized spacial score (nSPS) is 17.6. The van der Waals surface area contributed by atoms with Crippen molar-refractivity contribution in [1.29, 1.82) is 5.26 Å². The lowest BCUT2D eigenvalue weighted by Crippen LogP contribution is -2.40. The predicted molar refractivity (Wildman–Crippen MR) is 80.7 cm³/mol. The first-order valence-electron chi connectivity index (χ1n) is 7.18. The molecule has 0 radical (unpaired) electrons. The zero-order chi connectivity index (χ0) is 14.6. The summed E-state index contributed by atoms with van der Waals surface area (Å²) in [6.45, 7) is 8.16. The second-order valence-electron chi connectivity index (χ2n) is 6.06. The van der Waals surface area contributed by atoms with Crippen LogP contribution < -0.4 is 4.90 Å². The van der Waals surface area contributed by atoms with Crippen molar-refractivity contribution in [3.05, 3.63) is 29.8 Å². The molecule has 0 bridgehead atoms. The molecule has 1 aromatic carbocycles. The highest BCUT2D eigenvalue weighted by molar-refractivity contribution is 5.59. The zero-order valence-electron chi connectivity index (χ0n) is 12.3. The third-order valence-electron chi connectivity index (χ3n) is 3.56. The van der Waals surface area contributed by atoms with Gasteiger partial charge in [0.15, 0.2) is 0 Å². The third-order valence-corrected chi connectivity index (χ3v) is 3.56. The number of hydrogen-bond acceptors (Lipinski definition) is 4. The topological polar surface area (TPSA) is 50.5 Å². The molecule has 4 heteroatoms. The molecule has 0 spiro atoms. The Morgan fingerprint density at radius 2 is 1.95 bits per heavy atom. The standard InChI is InChI=1S/C16H23N3O/c1-16(2,20)13-18-8-5-9-19(11-10-18)15-7-4-3-6-14(15)12-17/h3-4,6-7,20H,5,8-11,13H2,1-2H3. The molecule has 1 saturated heterocycles. The number of rotatable bonds is 3. The largest absolute Gasteiger partial charge is 0.389 e. The van der Waals surface area contributed by atoms with Crippen LogP contribution in [0.5, 0.6) is 0 Å². The summed E-state index contributed by atoms with van der Waals surface area (Å²) in [6.07, 6.45) is 1.05. The molecule has 1 heterocycles. The lowest BCUT2D eigenvalue weighted by atomic mass is 10.1. The summed E-state index contributed by atoms with van der Waals surface area (Å²) in [4.78, 5) is 4.58. The summed E-state index contributed by atoms with van der Waals surface area (Å²) in [5, 5.41) is 19.1. The van der Waals surface area contributed by atoms with E-state index in [1.165, 1.54) is 0 Å². The molecular weight excluding hydrogens is 250 g/mol. The highest BCUT2D eigenvalue weighted by Crippen LogP contribution is 2.21. The Morgan fingerprint density at radius 1 is 1.20 bits per heavy atom. The van der Waals surface area contributed by atoms with E-state index in [2.05, 4.69) is 15.9 Å². The van der Waals surface area contributed by atoms with Gasteiger partial charge in [0.25, 0.3) is 0 Å². The maximum absolute atomic E-state index is 9.93. The number of anilines is 1. The number of nitrogens with zero attached hydrogens (tertiary/aromatic N) is 3. The van der Waals surface area contributed by atoms with Crippen LogP contribution in [0.3, 0.4) is 0 Å². The van der Waals surface area contributed by atoms with E-state index >= 15 is 0 Å². The van der Waals surface area contributed by atoms with Crippen LogP contribution in [0, 0.1) is 11.3 Å². The second kappa shape index (κ2) is 6.25. The zero-order valence-corrected chi connectivity index (χ0v) is 12.3. The molecule has 1 N–H and O–H groups in total. The van der Waals surface area contributed by atoms with Crippen LogP contribution in [0.4, 0.5) is 5.69 Å². The van der Waals surface area contributed by atoms with Crippen molar-refractivity contribution in [2.24, 2.45) is 0 Å². The number of nitriles is 1. The summed E-state index contributed by atoms with van der Waals surface area (Å²) in [7, 11) is 0. The molecule has 4 nitrogen and oxygen atoms in total. The number of aliphatic hydroxyl groups is 1. The van der Waals surface area contributed by atoms with Crippen LogP contribution in [0.15, 0.2) is 24.3 Å². The van der Waals surface area contributed by atoms with Crippen molar-refractivity contribution < 1.29 is 5.11 Å². The monoisotopic (exact) mass is 273 g/mol. The molecule has 0 unspecified atom stereocenters. The SMILES string of the molecule is CC(C)(O)CN1CCCN(c2ccccc2C#N)CC1. The summed E-state index contributed by atoms with van der Waals surface area (Å²) >= 11 is 0. The van der Waals surface area contributed by atoms with E-state index in [-0.39, 0.29) is 0 Å². The quantitative estimate of drug-likeness (QED) is 0.913. The van der Waals surface area contributed by atoms with Gasteiger partial charge in [-0.25, -0.2) is 0 Å². The number of para-hydroxylation sites is 1. The van der Waals surface area contributed by atoms with Crippen molar-refractivity contribution in [2.75, 3.05) is 37.6 Å². The summed E-state index contributed by atoms with van der Waals surface area (Å²) in [6, 6.07) is 10.0. The van der Waals surface area contributed by atoms with Crippen LogP contribution in [-0.4, -0.2) is 48.3 Å². The first kappa shape index (κ1) is 14.8. The fourth-order valence-electron chi connectivity index (χ4n) is 2.76. The molecule has 20 heavy (non-hydrogen) atoms. The maximum Gasteiger partial charge on any atom is 0.101 e. The van der Waals surface area contributed by atoms with Gasteiger partial charge in [0, 0.05) is 32.7 Å². The fourth-order valence-corrected chi connectivity index (χ4v) is 2.76. The Kier molecular flexibility index (Phi) is 4.64. The van der Waals surface area contributed by atoms with E-state index in [0.29, 0.717) is 6.54 Å².